The second-order valence-corrected chi connectivity index (χ2v) is 23.2. The molecule has 16 aromatic carbocycles. The molecule has 16 rings (SSSR count). The predicted octanol–water partition coefficient (Wildman–Crippen LogP) is 24.6. The number of hydrogen-bond acceptors (Lipinski definition) is 0. The normalized spacial score (nSPS) is 11.4. The molecule has 0 bridgehead atoms. The quantitative estimate of drug-likeness (QED) is 0.121. The average molecular weight is 1120 g/mol. The van der Waals surface area contributed by atoms with Gasteiger partial charge in [0.2, 0.25) is 0 Å². The summed E-state index contributed by atoms with van der Waals surface area (Å²) >= 11 is 0. The molecule has 0 amide bonds. The van der Waals surface area contributed by atoms with Crippen molar-refractivity contribution in [1.29, 1.82) is 0 Å². The van der Waals surface area contributed by atoms with Gasteiger partial charge in [0.25, 0.3) is 0 Å². The van der Waals surface area contributed by atoms with E-state index < -0.39 is 0 Å². The third-order valence-corrected chi connectivity index (χ3v) is 17.7. The molecule has 0 heterocycles. The smallest absolute Gasteiger partial charge is 0.0105 e. The maximum Gasteiger partial charge on any atom is -0.0105 e. The van der Waals surface area contributed by atoms with E-state index in [2.05, 4.69) is 352 Å². The minimum atomic E-state index is 1.14. The van der Waals surface area contributed by atoms with Crippen LogP contribution in [-0.2, 0) is 0 Å². The fourth-order valence-corrected chi connectivity index (χ4v) is 13.4. The predicted molar refractivity (Wildman–Crippen MR) is 376 cm³/mol. The van der Waals surface area contributed by atoms with Crippen LogP contribution in [0, 0.1) is 0 Å². The summed E-state index contributed by atoms with van der Waals surface area (Å²) in [6.07, 6.45) is 0. The van der Waals surface area contributed by atoms with Gasteiger partial charge in [0.1, 0.15) is 0 Å². The lowest BCUT2D eigenvalue weighted by atomic mass is 9.86. The van der Waals surface area contributed by atoms with Gasteiger partial charge in [-0.2, -0.15) is 0 Å². The molecule has 0 nitrogen and oxygen atoms in total. The minimum absolute atomic E-state index is 1.14. The zero-order chi connectivity index (χ0) is 58.3. The van der Waals surface area contributed by atoms with E-state index in [1.54, 1.807) is 0 Å². The molecule has 0 aromatic heterocycles. The summed E-state index contributed by atoms with van der Waals surface area (Å²) in [5.74, 6) is 0. The Morgan fingerprint density at radius 3 is 0.568 bits per heavy atom. The molecule has 0 aliphatic heterocycles. The molecule has 0 saturated carbocycles. The van der Waals surface area contributed by atoms with Crippen molar-refractivity contribution < 1.29 is 0 Å². The molecule has 16 aromatic rings. The number of hydrogen-bond donors (Lipinski definition) is 0. The van der Waals surface area contributed by atoms with Gasteiger partial charge in [0.05, 0.1) is 0 Å². The Balaban J connectivity index is 0.912. The van der Waals surface area contributed by atoms with Gasteiger partial charge >= 0.3 is 0 Å². The molecule has 0 unspecified atom stereocenters. The standard InChI is InChI=1S/C88H58/c1-3-21-59(22-4-1)69-47-70(60-23-5-2-6-24-60)49-71(48-69)67-35-15-33-65(45-67)66-34-16-36-68(46-66)72-50-73(75-53-77(85-41-17-29-61-25-7-11-37-81(61)85)57-78(54-75)86-42-18-30-62-26-8-12-38-82(62)86)52-74(51-72)76-55-79(87-43-19-31-63-27-9-13-39-83(63)87)58-80(56-76)88-44-20-32-64-28-10-14-40-84(64)88/h1-58H. The maximum atomic E-state index is 2.44. The topological polar surface area (TPSA) is 0 Å². The van der Waals surface area contributed by atoms with Crippen molar-refractivity contribution in [2.45, 2.75) is 0 Å². The van der Waals surface area contributed by atoms with Crippen LogP contribution in [-0.4, -0.2) is 0 Å². The van der Waals surface area contributed by atoms with Crippen LogP contribution in [0.3, 0.4) is 0 Å². The first-order chi connectivity index (χ1) is 43.6. The highest BCUT2D eigenvalue weighted by Crippen LogP contribution is 2.44. The highest BCUT2D eigenvalue weighted by atomic mass is 14.2. The first kappa shape index (κ1) is 52.1. The SMILES string of the molecule is c1ccc(-c2cc(-c3ccccc3)cc(-c3cccc(-c4cccc(-c5cc(-c6cc(-c7cccc8ccccc78)cc(-c7cccc8ccccc78)c6)cc(-c6cc(-c7cccc8ccccc78)cc(-c7cccc8ccccc78)c6)c5)c4)c3)c2)cc1. The molecular weight excluding hydrogens is 1060 g/mol. The van der Waals surface area contributed by atoms with E-state index in [0.29, 0.717) is 0 Å². The van der Waals surface area contributed by atoms with E-state index in [9.17, 15) is 0 Å². The first-order valence-electron chi connectivity index (χ1n) is 30.4. The molecule has 0 atom stereocenters. The summed E-state index contributed by atoms with van der Waals surface area (Å²) in [6, 6.07) is 130. The second-order valence-electron chi connectivity index (χ2n) is 23.2. The lowest BCUT2D eigenvalue weighted by Gasteiger charge is -2.18. The fraction of sp³-hybridized carbons (Fsp3) is 0. The highest BCUT2D eigenvalue weighted by Gasteiger charge is 2.18. The van der Waals surface area contributed by atoms with Gasteiger partial charge in [-0.25, -0.2) is 0 Å². The van der Waals surface area contributed by atoms with Gasteiger partial charge in [-0.05, 0) is 250 Å². The van der Waals surface area contributed by atoms with Crippen LogP contribution >= 0.6 is 0 Å². The lowest BCUT2D eigenvalue weighted by molar-refractivity contribution is 1.54. The van der Waals surface area contributed by atoms with Gasteiger partial charge in [-0.3, -0.25) is 0 Å². The molecule has 0 fully saturated rings. The van der Waals surface area contributed by atoms with Crippen molar-refractivity contribution >= 4 is 43.1 Å². The Labute approximate surface area is 514 Å². The molecule has 0 heteroatoms. The van der Waals surface area contributed by atoms with Crippen molar-refractivity contribution in [2.24, 2.45) is 0 Å². The largest absolute Gasteiger partial charge is 0.0622 e. The Kier molecular flexibility index (Phi) is 13.3. The summed E-state index contributed by atoms with van der Waals surface area (Å²) in [6.45, 7) is 0. The molecule has 0 aliphatic carbocycles. The Bertz CT molecular complexity index is 4820. The van der Waals surface area contributed by atoms with E-state index in [4.69, 9.17) is 0 Å². The summed E-state index contributed by atoms with van der Waals surface area (Å²) < 4.78 is 0. The fourth-order valence-electron chi connectivity index (χ4n) is 13.4. The molecule has 0 radical (unpaired) electrons. The Morgan fingerprint density at radius 2 is 0.273 bits per heavy atom. The number of benzene rings is 16. The van der Waals surface area contributed by atoms with Crippen LogP contribution in [0.4, 0.5) is 0 Å². The van der Waals surface area contributed by atoms with Gasteiger partial charge in [0, 0.05) is 0 Å². The van der Waals surface area contributed by atoms with Crippen molar-refractivity contribution in [1.82, 2.24) is 0 Å². The van der Waals surface area contributed by atoms with Gasteiger partial charge in [-0.1, -0.05) is 267 Å². The van der Waals surface area contributed by atoms with Gasteiger partial charge in [-0.15, -0.1) is 0 Å². The zero-order valence-electron chi connectivity index (χ0n) is 48.5. The van der Waals surface area contributed by atoms with Gasteiger partial charge in [0.15, 0.2) is 0 Å². The second kappa shape index (κ2) is 22.5. The summed E-state index contributed by atoms with van der Waals surface area (Å²) in [5, 5.41) is 9.80. The molecule has 0 spiro atoms. The summed E-state index contributed by atoms with van der Waals surface area (Å²) in [5.41, 5.74) is 25.8. The Morgan fingerprint density at radius 1 is 0.102 bits per heavy atom. The summed E-state index contributed by atoms with van der Waals surface area (Å²) in [7, 11) is 0. The van der Waals surface area contributed by atoms with E-state index in [0.717, 1.165) is 44.5 Å². The van der Waals surface area contributed by atoms with Crippen LogP contribution in [0.15, 0.2) is 352 Å². The van der Waals surface area contributed by atoms with E-state index in [1.807, 2.05) is 0 Å². The lowest BCUT2D eigenvalue weighted by Crippen LogP contribution is -1.92. The zero-order valence-corrected chi connectivity index (χ0v) is 48.5. The average Bonchev–Trinajstić information content (AvgIpc) is 3.77. The maximum absolute atomic E-state index is 2.44. The van der Waals surface area contributed by atoms with Crippen molar-refractivity contribution in [3.63, 3.8) is 0 Å². The van der Waals surface area contributed by atoms with Crippen LogP contribution in [0.2, 0.25) is 0 Å². The Hall–Kier alpha value is -11.4. The monoisotopic (exact) mass is 1110 g/mol. The third-order valence-electron chi connectivity index (χ3n) is 17.7. The van der Waals surface area contributed by atoms with E-state index in [1.165, 1.54) is 121 Å². The third kappa shape index (κ3) is 10.0. The minimum Gasteiger partial charge on any atom is -0.0622 e. The number of fused-ring (bicyclic) bond motifs is 4. The van der Waals surface area contributed by atoms with Crippen molar-refractivity contribution in [2.75, 3.05) is 0 Å². The number of rotatable bonds is 11. The van der Waals surface area contributed by atoms with Crippen LogP contribution in [0.5, 0.6) is 0 Å². The molecule has 88 heavy (non-hydrogen) atoms. The first-order valence-corrected chi connectivity index (χ1v) is 30.4. The summed E-state index contributed by atoms with van der Waals surface area (Å²) in [4.78, 5) is 0. The van der Waals surface area contributed by atoms with Crippen LogP contribution in [0.1, 0.15) is 0 Å². The molecule has 0 aliphatic rings. The van der Waals surface area contributed by atoms with Gasteiger partial charge < -0.3 is 0 Å². The molecule has 0 N–H and O–H groups in total. The molecular formula is C88H58. The highest BCUT2D eigenvalue weighted by molar-refractivity contribution is 6.04. The van der Waals surface area contributed by atoms with Crippen molar-refractivity contribution in [3.8, 4) is 122 Å². The van der Waals surface area contributed by atoms with Crippen molar-refractivity contribution in [3.05, 3.63) is 352 Å². The van der Waals surface area contributed by atoms with Crippen LogP contribution < -0.4 is 0 Å². The van der Waals surface area contributed by atoms with E-state index >= 15 is 0 Å². The van der Waals surface area contributed by atoms with E-state index in [-0.39, 0.29) is 0 Å². The molecule has 0 saturated heterocycles. The van der Waals surface area contributed by atoms with Crippen LogP contribution in [0.25, 0.3) is 165 Å². The molecule has 410 valence electrons.